The molecule has 3 heterocycles. The summed E-state index contributed by atoms with van der Waals surface area (Å²) in [4.78, 5) is 18.7. The molecule has 120 valence electrons. The number of rotatable bonds is 5. The molecule has 6 heteroatoms. The first kappa shape index (κ1) is 14.6. The van der Waals surface area contributed by atoms with Crippen molar-refractivity contribution in [2.75, 3.05) is 13.1 Å². The molecule has 3 atom stereocenters. The zero-order valence-electron chi connectivity index (χ0n) is 12.7. The van der Waals surface area contributed by atoms with E-state index in [1.165, 1.54) is 17.8 Å². The van der Waals surface area contributed by atoms with Crippen molar-refractivity contribution in [3.05, 3.63) is 16.6 Å². The third-order valence-electron chi connectivity index (χ3n) is 5.27. The van der Waals surface area contributed by atoms with Crippen LogP contribution in [0.2, 0.25) is 0 Å². The lowest BCUT2D eigenvalue weighted by molar-refractivity contribution is -0.170. The number of carbonyl (C=O) groups is 1. The second kappa shape index (κ2) is 6.26. The summed E-state index contributed by atoms with van der Waals surface area (Å²) >= 11 is 1.72. The van der Waals surface area contributed by atoms with Gasteiger partial charge in [-0.1, -0.05) is 6.42 Å². The maximum atomic E-state index is 11.9. The molecule has 3 aliphatic rings. The number of fused-ring (bicyclic) bond motifs is 1. The smallest absolute Gasteiger partial charge is 0.223 e. The standard InChI is InChI=1S/C16H23N3O2S/c20-16(11-2-1-3-11)18-8-12-4-5-13-14(21-12)9-19(13)10-15-17-6-7-22-15/h6-7,11-14H,1-5,8-10H2,(H,18,20)/t12-,13+,14+/m0/s1. The van der Waals surface area contributed by atoms with Gasteiger partial charge in [-0.05, 0) is 25.7 Å². The highest BCUT2D eigenvalue weighted by Crippen LogP contribution is 2.33. The summed E-state index contributed by atoms with van der Waals surface area (Å²) in [5.74, 6) is 0.504. The molecule has 4 rings (SSSR count). The Hall–Kier alpha value is -0.980. The van der Waals surface area contributed by atoms with E-state index < -0.39 is 0 Å². The molecule has 1 amide bonds. The summed E-state index contributed by atoms with van der Waals surface area (Å²) in [5, 5.41) is 6.30. The number of hydrogen-bond acceptors (Lipinski definition) is 5. The number of nitrogens with zero attached hydrogens (tertiary/aromatic N) is 2. The number of amides is 1. The van der Waals surface area contributed by atoms with Crippen molar-refractivity contribution < 1.29 is 9.53 Å². The average Bonchev–Trinajstić information content (AvgIpc) is 2.94. The van der Waals surface area contributed by atoms with Crippen LogP contribution >= 0.6 is 11.3 Å². The quantitative estimate of drug-likeness (QED) is 0.898. The van der Waals surface area contributed by atoms with Crippen molar-refractivity contribution in [1.82, 2.24) is 15.2 Å². The van der Waals surface area contributed by atoms with Crippen LogP contribution in [0.3, 0.4) is 0 Å². The number of hydrogen-bond donors (Lipinski definition) is 1. The topological polar surface area (TPSA) is 54.5 Å². The van der Waals surface area contributed by atoms with E-state index in [1.807, 2.05) is 11.6 Å². The molecule has 0 spiro atoms. The van der Waals surface area contributed by atoms with Crippen LogP contribution < -0.4 is 5.32 Å². The normalized spacial score (nSPS) is 31.9. The fourth-order valence-electron chi connectivity index (χ4n) is 3.63. The van der Waals surface area contributed by atoms with Crippen molar-refractivity contribution >= 4 is 17.2 Å². The number of ether oxygens (including phenoxy) is 1. The first-order valence-corrected chi connectivity index (χ1v) is 9.23. The number of aromatic nitrogens is 1. The molecule has 5 nitrogen and oxygen atoms in total. The summed E-state index contributed by atoms with van der Waals surface area (Å²) in [6, 6.07) is 0.544. The van der Waals surface area contributed by atoms with Gasteiger partial charge in [0.25, 0.3) is 0 Å². The highest BCUT2D eigenvalue weighted by Gasteiger charge is 2.44. The molecule has 2 aliphatic heterocycles. The van der Waals surface area contributed by atoms with Gasteiger partial charge < -0.3 is 10.1 Å². The third kappa shape index (κ3) is 2.92. The number of likely N-dealkylation sites (tertiary alicyclic amines) is 1. The van der Waals surface area contributed by atoms with Crippen LogP contribution in [-0.2, 0) is 16.1 Å². The minimum atomic E-state index is 0.201. The highest BCUT2D eigenvalue weighted by molar-refractivity contribution is 7.09. The molecule has 0 bridgehead atoms. The predicted octanol–water partition coefficient (Wildman–Crippen LogP) is 1.79. The third-order valence-corrected chi connectivity index (χ3v) is 6.03. The van der Waals surface area contributed by atoms with E-state index in [4.69, 9.17) is 4.74 Å². The SMILES string of the molecule is O=C(NC[C@@H]1CC[C@@H]2[C@@H](CN2Cc2nccs2)O1)C1CCC1. The van der Waals surface area contributed by atoms with E-state index in [0.29, 0.717) is 18.7 Å². The second-order valence-electron chi connectivity index (χ2n) is 6.67. The van der Waals surface area contributed by atoms with Gasteiger partial charge in [0, 0.05) is 36.6 Å². The Morgan fingerprint density at radius 1 is 1.41 bits per heavy atom. The lowest BCUT2D eigenvalue weighted by Crippen LogP contribution is -2.64. The number of carbonyl (C=O) groups excluding carboxylic acids is 1. The molecule has 1 aromatic heterocycles. The van der Waals surface area contributed by atoms with Gasteiger partial charge in [0.1, 0.15) is 5.01 Å². The average molecular weight is 321 g/mol. The van der Waals surface area contributed by atoms with Gasteiger partial charge in [0.2, 0.25) is 5.91 Å². The Balaban J connectivity index is 1.20. The van der Waals surface area contributed by atoms with Crippen molar-refractivity contribution in [2.24, 2.45) is 5.92 Å². The van der Waals surface area contributed by atoms with E-state index in [-0.39, 0.29) is 17.9 Å². The first-order chi connectivity index (χ1) is 10.8. The maximum absolute atomic E-state index is 11.9. The fourth-order valence-corrected chi connectivity index (χ4v) is 4.27. The van der Waals surface area contributed by atoms with E-state index in [9.17, 15) is 4.79 Å². The minimum Gasteiger partial charge on any atom is -0.370 e. The molecule has 22 heavy (non-hydrogen) atoms. The lowest BCUT2D eigenvalue weighted by atomic mass is 9.84. The first-order valence-electron chi connectivity index (χ1n) is 8.35. The van der Waals surface area contributed by atoms with E-state index >= 15 is 0 Å². The van der Waals surface area contributed by atoms with Crippen molar-refractivity contribution in [1.29, 1.82) is 0 Å². The van der Waals surface area contributed by atoms with Gasteiger partial charge in [-0.2, -0.15) is 0 Å². The molecule has 3 fully saturated rings. The Labute approximate surface area is 135 Å². The molecule has 0 radical (unpaired) electrons. The predicted molar refractivity (Wildman–Crippen MR) is 84.6 cm³/mol. The van der Waals surface area contributed by atoms with Gasteiger partial charge in [0.05, 0.1) is 18.8 Å². The van der Waals surface area contributed by atoms with Gasteiger partial charge in [-0.3, -0.25) is 9.69 Å². The molecule has 2 saturated heterocycles. The van der Waals surface area contributed by atoms with Crippen LogP contribution in [-0.4, -0.2) is 47.1 Å². The molecule has 0 unspecified atom stereocenters. The summed E-state index contributed by atoms with van der Waals surface area (Å²) in [6.07, 6.45) is 7.96. The van der Waals surface area contributed by atoms with Crippen LogP contribution in [0.1, 0.15) is 37.1 Å². The minimum absolute atomic E-state index is 0.201. The number of thiazole rings is 1. The van der Waals surface area contributed by atoms with Gasteiger partial charge in [-0.15, -0.1) is 11.3 Å². The van der Waals surface area contributed by atoms with E-state index in [2.05, 4.69) is 15.2 Å². The molecule has 1 N–H and O–H groups in total. The Kier molecular flexibility index (Phi) is 4.15. The Bertz CT molecular complexity index is 517. The van der Waals surface area contributed by atoms with E-state index in [0.717, 1.165) is 32.4 Å². The lowest BCUT2D eigenvalue weighted by Gasteiger charge is -2.52. The fraction of sp³-hybridized carbons (Fsp3) is 0.750. The zero-order valence-corrected chi connectivity index (χ0v) is 13.6. The monoisotopic (exact) mass is 321 g/mol. The molecule has 0 aromatic carbocycles. The van der Waals surface area contributed by atoms with Crippen LogP contribution in [0.4, 0.5) is 0 Å². The van der Waals surface area contributed by atoms with E-state index in [1.54, 1.807) is 11.3 Å². The summed E-state index contributed by atoms with van der Waals surface area (Å²) in [7, 11) is 0. The summed E-state index contributed by atoms with van der Waals surface area (Å²) in [5.41, 5.74) is 0. The van der Waals surface area contributed by atoms with Crippen LogP contribution in [0, 0.1) is 5.92 Å². The zero-order chi connectivity index (χ0) is 14.9. The maximum Gasteiger partial charge on any atom is 0.223 e. The van der Waals surface area contributed by atoms with Crippen LogP contribution in [0.15, 0.2) is 11.6 Å². The van der Waals surface area contributed by atoms with Crippen molar-refractivity contribution in [3.8, 4) is 0 Å². The molecular weight excluding hydrogens is 298 g/mol. The van der Waals surface area contributed by atoms with Crippen molar-refractivity contribution in [2.45, 2.75) is 56.9 Å². The molecule has 1 aliphatic carbocycles. The van der Waals surface area contributed by atoms with Gasteiger partial charge >= 0.3 is 0 Å². The highest BCUT2D eigenvalue weighted by atomic mass is 32.1. The Morgan fingerprint density at radius 3 is 3.00 bits per heavy atom. The summed E-state index contributed by atoms with van der Waals surface area (Å²) in [6.45, 7) is 2.63. The molecule has 1 saturated carbocycles. The van der Waals surface area contributed by atoms with Crippen LogP contribution in [0.5, 0.6) is 0 Å². The Morgan fingerprint density at radius 2 is 2.32 bits per heavy atom. The molecular formula is C16H23N3O2S. The summed E-state index contributed by atoms with van der Waals surface area (Å²) < 4.78 is 6.14. The largest absolute Gasteiger partial charge is 0.370 e. The van der Waals surface area contributed by atoms with Gasteiger partial charge in [-0.25, -0.2) is 4.98 Å². The van der Waals surface area contributed by atoms with Crippen molar-refractivity contribution in [3.63, 3.8) is 0 Å². The van der Waals surface area contributed by atoms with Crippen LogP contribution in [0.25, 0.3) is 0 Å². The number of nitrogens with one attached hydrogen (secondary N) is 1. The second-order valence-corrected chi connectivity index (χ2v) is 7.65. The van der Waals surface area contributed by atoms with Gasteiger partial charge in [0.15, 0.2) is 0 Å². The molecule has 1 aromatic rings.